The van der Waals surface area contributed by atoms with Gasteiger partial charge in [-0.25, -0.2) is 0 Å². The van der Waals surface area contributed by atoms with Crippen LogP contribution in [0.1, 0.15) is 59.0 Å². The van der Waals surface area contributed by atoms with Gasteiger partial charge in [0.15, 0.2) is 5.11 Å². The lowest BCUT2D eigenvalue weighted by atomic mass is 10.1. The van der Waals surface area contributed by atoms with Crippen molar-refractivity contribution in [3.05, 3.63) is 94.0 Å². The lowest BCUT2D eigenvalue weighted by molar-refractivity contribution is 0.0939. The standard InChI is InChI=1S/C27H28BrN3O3S/c1-3-4-16-34-24-15-14-20(17-22(24)28)25(32)31-27(35)30-23-13-9-8-12-21(23)26(33)29-18(2)19-10-6-5-7-11-19/h5-15,17-18H,3-4,16H2,1-2H3,(H,29,33)(H2,30,31,32,35). The van der Waals surface area contributed by atoms with Crippen LogP contribution in [0.5, 0.6) is 5.75 Å². The van der Waals surface area contributed by atoms with Crippen molar-refractivity contribution in [3.8, 4) is 5.75 Å². The van der Waals surface area contributed by atoms with Crippen molar-refractivity contribution >= 4 is 50.8 Å². The lowest BCUT2D eigenvalue weighted by Crippen LogP contribution is -2.35. The predicted molar refractivity (Wildman–Crippen MR) is 147 cm³/mol. The van der Waals surface area contributed by atoms with Crippen molar-refractivity contribution in [2.75, 3.05) is 11.9 Å². The Hall–Kier alpha value is -3.23. The molecule has 0 aliphatic heterocycles. The number of amides is 2. The zero-order valence-corrected chi connectivity index (χ0v) is 22.0. The number of carbonyl (C=O) groups is 2. The maximum Gasteiger partial charge on any atom is 0.257 e. The van der Waals surface area contributed by atoms with Crippen LogP contribution in [-0.2, 0) is 0 Å². The molecule has 0 bridgehead atoms. The normalized spacial score (nSPS) is 11.3. The van der Waals surface area contributed by atoms with Gasteiger partial charge in [-0.3, -0.25) is 14.9 Å². The fourth-order valence-corrected chi connectivity index (χ4v) is 4.00. The van der Waals surface area contributed by atoms with Gasteiger partial charge in [0.25, 0.3) is 11.8 Å². The van der Waals surface area contributed by atoms with Gasteiger partial charge < -0.3 is 15.4 Å². The van der Waals surface area contributed by atoms with Crippen molar-refractivity contribution < 1.29 is 14.3 Å². The molecular weight excluding hydrogens is 526 g/mol. The molecule has 6 nitrogen and oxygen atoms in total. The summed E-state index contributed by atoms with van der Waals surface area (Å²) in [6.45, 7) is 4.64. The number of hydrogen-bond acceptors (Lipinski definition) is 4. The van der Waals surface area contributed by atoms with Crippen LogP contribution in [0, 0.1) is 0 Å². The van der Waals surface area contributed by atoms with Crippen LogP contribution in [-0.4, -0.2) is 23.5 Å². The third-order valence-corrected chi connectivity index (χ3v) is 6.07. The molecule has 3 N–H and O–H groups in total. The maximum absolute atomic E-state index is 12.9. The van der Waals surface area contributed by atoms with E-state index in [2.05, 4.69) is 38.8 Å². The van der Waals surface area contributed by atoms with E-state index < -0.39 is 0 Å². The Morgan fingerprint density at radius 3 is 2.43 bits per heavy atom. The van der Waals surface area contributed by atoms with Gasteiger partial charge in [-0.05, 0) is 77.4 Å². The molecule has 0 saturated carbocycles. The predicted octanol–water partition coefficient (Wildman–Crippen LogP) is 6.25. The number of rotatable bonds is 9. The first-order chi connectivity index (χ1) is 16.9. The number of thiocarbonyl (C=S) groups is 1. The summed E-state index contributed by atoms with van der Waals surface area (Å²) in [5, 5.41) is 8.72. The first-order valence-electron chi connectivity index (χ1n) is 11.4. The highest BCUT2D eigenvalue weighted by Gasteiger charge is 2.16. The Bertz CT molecular complexity index is 1190. The van der Waals surface area contributed by atoms with Gasteiger partial charge in [-0.15, -0.1) is 0 Å². The molecule has 0 aliphatic carbocycles. The van der Waals surface area contributed by atoms with Gasteiger partial charge >= 0.3 is 0 Å². The highest BCUT2D eigenvalue weighted by Crippen LogP contribution is 2.26. The van der Waals surface area contributed by atoms with E-state index in [0.717, 1.165) is 18.4 Å². The molecule has 182 valence electrons. The third-order valence-electron chi connectivity index (χ3n) is 5.24. The highest BCUT2D eigenvalue weighted by molar-refractivity contribution is 9.10. The van der Waals surface area contributed by atoms with Crippen molar-refractivity contribution in [1.82, 2.24) is 10.6 Å². The van der Waals surface area contributed by atoms with Crippen molar-refractivity contribution in [1.29, 1.82) is 0 Å². The van der Waals surface area contributed by atoms with Gasteiger partial charge in [-0.2, -0.15) is 0 Å². The summed E-state index contributed by atoms with van der Waals surface area (Å²) in [6.07, 6.45) is 2.00. The number of hydrogen-bond donors (Lipinski definition) is 3. The van der Waals surface area contributed by atoms with Gasteiger partial charge in [0.05, 0.1) is 28.4 Å². The number of anilines is 1. The Morgan fingerprint density at radius 2 is 1.71 bits per heavy atom. The van der Waals surface area contributed by atoms with Crippen molar-refractivity contribution in [3.63, 3.8) is 0 Å². The molecule has 0 saturated heterocycles. The molecular formula is C27H28BrN3O3S. The number of unbranched alkanes of at least 4 members (excludes halogenated alkanes) is 1. The average Bonchev–Trinajstić information content (AvgIpc) is 2.85. The summed E-state index contributed by atoms with van der Waals surface area (Å²) < 4.78 is 6.40. The van der Waals surface area contributed by atoms with Gasteiger partial charge in [0.1, 0.15) is 5.75 Å². The van der Waals surface area contributed by atoms with E-state index in [9.17, 15) is 9.59 Å². The molecule has 1 unspecified atom stereocenters. The molecule has 8 heteroatoms. The molecule has 0 spiro atoms. The highest BCUT2D eigenvalue weighted by atomic mass is 79.9. The fourth-order valence-electron chi connectivity index (χ4n) is 3.30. The Balaban J connectivity index is 1.63. The van der Waals surface area contributed by atoms with E-state index in [-0.39, 0.29) is 23.0 Å². The third kappa shape index (κ3) is 7.63. The van der Waals surface area contributed by atoms with Crippen LogP contribution in [0.2, 0.25) is 0 Å². The van der Waals surface area contributed by atoms with Crippen LogP contribution in [0.25, 0.3) is 0 Å². The minimum Gasteiger partial charge on any atom is -0.492 e. The zero-order chi connectivity index (χ0) is 25.2. The van der Waals surface area contributed by atoms with E-state index in [1.165, 1.54) is 0 Å². The minimum absolute atomic E-state index is 0.0887. The summed E-state index contributed by atoms with van der Waals surface area (Å²) >= 11 is 8.79. The second kappa shape index (κ2) is 13.0. The Morgan fingerprint density at radius 1 is 1.00 bits per heavy atom. The SMILES string of the molecule is CCCCOc1ccc(C(=O)NC(=S)Nc2ccccc2C(=O)NC(C)c2ccccc2)cc1Br. The second-order valence-corrected chi connectivity index (χ2v) is 9.17. The van der Waals surface area contributed by atoms with E-state index in [1.54, 1.807) is 42.5 Å². The number of para-hydroxylation sites is 1. The molecule has 35 heavy (non-hydrogen) atoms. The smallest absolute Gasteiger partial charge is 0.257 e. The first kappa shape index (κ1) is 26.4. The molecule has 2 amide bonds. The number of ether oxygens (including phenoxy) is 1. The molecule has 0 aromatic heterocycles. The van der Waals surface area contributed by atoms with Crippen LogP contribution < -0.4 is 20.7 Å². The Labute approximate surface area is 219 Å². The van der Waals surface area contributed by atoms with Gasteiger partial charge in [0, 0.05) is 5.56 Å². The zero-order valence-electron chi connectivity index (χ0n) is 19.6. The molecule has 0 aliphatic rings. The minimum atomic E-state index is -0.372. The number of nitrogens with one attached hydrogen (secondary N) is 3. The molecule has 3 aromatic rings. The van der Waals surface area contributed by atoms with E-state index in [0.29, 0.717) is 33.6 Å². The summed E-state index contributed by atoms with van der Waals surface area (Å²) in [7, 11) is 0. The molecule has 0 fully saturated rings. The van der Waals surface area contributed by atoms with E-state index in [1.807, 2.05) is 37.3 Å². The number of carbonyl (C=O) groups excluding carboxylic acids is 2. The fraction of sp³-hybridized carbons (Fsp3) is 0.222. The summed E-state index contributed by atoms with van der Waals surface area (Å²) in [4.78, 5) is 25.7. The van der Waals surface area contributed by atoms with Crippen LogP contribution >= 0.6 is 28.1 Å². The van der Waals surface area contributed by atoms with Gasteiger partial charge in [-0.1, -0.05) is 55.8 Å². The molecule has 0 radical (unpaired) electrons. The molecule has 3 rings (SSSR count). The first-order valence-corrected chi connectivity index (χ1v) is 12.6. The topological polar surface area (TPSA) is 79.5 Å². The average molecular weight is 555 g/mol. The summed E-state index contributed by atoms with van der Waals surface area (Å²) in [6, 6.07) is 21.7. The molecule has 1 atom stereocenters. The van der Waals surface area contributed by atoms with E-state index >= 15 is 0 Å². The van der Waals surface area contributed by atoms with Crippen molar-refractivity contribution in [2.24, 2.45) is 0 Å². The second-order valence-electron chi connectivity index (χ2n) is 7.91. The Kier molecular flexibility index (Phi) is 9.81. The molecule has 0 heterocycles. The van der Waals surface area contributed by atoms with Crippen LogP contribution in [0.4, 0.5) is 5.69 Å². The lowest BCUT2D eigenvalue weighted by Gasteiger charge is -2.17. The number of halogens is 1. The summed E-state index contributed by atoms with van der Waals surface area (Å²) in [5.74, 6) is 0.0597. The van der Waals surface area contributed by atoms with Crippen LogP contribution in [0.3, 0.4) is 0 Å². The molecule has 3 aromatic carbocycles. The summed E-state index contributed by atoms with van der Waals surface area (Å²) in [5.41, 5.74) is 2.34. The van der Waals surface area contributed by atoms with Crippen LogP contribution in [0.15, 0.2) is 77.3 Å². The monoisotopic (exact) mass is 553 g/mol. The number of benzene rings is 3. The largest absolute Gasteiger partial charge is 0.492 e. The van der Waals surface area contributed by atoms with Gasteiger partial charge in [0.2, 0.25) is 0 Å². The van der Waals surface area contributed by atoms with Crippen molar-refractivity contribution in [2.45, 2.75) is 32.7 Å². The maximum atomic E-state index is 12.9. The van der Waals surface area contributed by atoms with E-state index in [4.69, 9.17) is 17.0 Å². The quantitative estimate of drug-likeness (QED) is 0.215.